The smallest absolute Gasteiger partial charge is 0.272 e. The van der Waals surface area contributed by atoms with Crippen LogP contribution in [0.2, 0.25) is 0 Å². The Hall–Kier alpha value is -2.55. The number of non-ortho nitro benzene ring substituents is 1. The predicted molar refractivity (Wildman–Crippen MR) is 79.1 cm³/mol. The number of rotatable bonds is 4. The lowest BCUT2D eigenvalue weighted by atomic mass is 10.1. The number of H-pyrrole nitrogens is 1. The van der Waals surface area contributed by atoms with Crippen LogP contribution in [0.4, 0.5) is 5.69 Å². The van der Waals surface area contributed by atoms with Crippen molar-refractivity contribution < 1.29 is 9.72 Å². The van der Waals surface area contributed by atoms with Gasteiger partial charge >= 0.3 is 0 Å². The minimum absolute atomic E-state index is 0.00280. The van der Waals surface area contributed by atoms with Gasteiger partial charge in [0, 0.05) is 12.1 Å². The van der Waals surface area contributed by atoms with Gasteiger partial charge < -0.3 is 0 Å². The summed E-state index contributed by atoms with van der Waals surface area (Å²) in [7, 11) is 0. The van der Waals surface area contributed by atoms with Crippen molar-refractivity contribution in [2.75, 3.05) is 0 Å². The van der Waals surface area contributed by atoms with Crippen LogP contribution in [0.1, 0.15) is 23.0 Å². The van der Waals surface area contributed by atoms with Crippen molar-refractivity contribution in [3.05, 3.63) is 56.3 Å². The highest BCUT2D eigenvalue weighted by Gasteiger charge is 2.11. The normalized spacial score (nSPS) is 11.2. The Morgan fingerprint density at radius 3 is 2.62 bits per heavy atom. The highest BCUT2D eigenvalue weighted by molar-refractivity contribution is 9.10. The van der Waals surface area contributed by atoms with E-state index in [1.165, 1.54) is 18.3 Å². The first-order valence-corrected chi connectivity index (χ1v) is 6.56. The topological polar surface area (TPSA) is 113 Å². The third kappa shape index (κ3) is 3.51. The van der Waals surface area contributed by atoms with E-state index in [-0.39, 0.29) is 11.4 Å². The van der Waals surface area contributed by atoms with Crippen LogP contribution >= 0.6 is 15.9 Å². The molecule has 0 fully saturated rings. The molecule has 0 aliphatic rings. The molecule has 1 aromatic carbocycles. The Morgan fingerprint density at radius 2 is 2.10 bits per heavy atom. The Kier molecular flexibility index (Phi) is 4.43. The third-order valence-electron chi connectivity index (χ3n) is 2.64. The van der Waals surface area contributed by atoms with E-state index >= 15 is 0 Å². The second kappa shape index (κ2) is 6.27. The molecule has 0 saturated heterocycles. The van der Waals surface area contributed by atoms with E-state index in [9.17, 15) is 14.9 Å². The molecule has 2 aromatic rings. The van der Waals surface area contributed by atoms with Crippen molar-refractivity contribution >= 4 is 33.2 Å². The van der Waals surface area contributed by atoms with Gasteiger partial charge in [0.1, 0.15) is 5.69 Å². The number of benzene rings is 1. The third-order valence-corrected chi connectivity index (χ3v) is 3.24. The van der Waals surface area contributed by atoms with Gasteiger partial charge in [-0.15, -0.1) is 0 Å². The molecule has 21 heavy (non-hydrogen) atoms. The number of carbonyl (C=O) groups is 1. The van der Waals surface area contributed by atoms with Gasteiger partial charge in [-0.05, 0) is 40.5 Å². The molecule has 1 aromatic heterocycles. The van der Waals surface area contributed by atoms with Crippen LogP contribution in [-0.4, -0.2) is 26.7 Å². The van der Waals surface area contributed by atoms with Crippen molar-refractivity contribution in [2.24, 2.45) is 5.10 Å². The van der Waals surface area contributed by atoms with Gasteiger partial charge in [0.15, 0.2) is 0 Å². The summed E-state index contributed by atoms with van der Waals surface area (Å²) in [6.45, 7) is 1.68. The number of nitrogens with one attached hydrogen (secondary N) is 2. The van der Waals surface area contributed by atoms with Gasteiger partial charge in [0.05, 0.1) is 21.3 Å². The fraction of sp³-hybridized carbons (Fsp3) is 0.0833. The number of amides is 1. The summed E-state index contributed by atoms with van der Waals surface area (Å²) in [5.74, 6) is -0.444. The minimum Gasteiger partial charge on any atom is -0.272 e. The number of aromatic amines is 1. The van der Waals surface area contributed by atoms with Crippen LogP contribution in [-0.2, 0) is 0 Å². The summed E-state index contributed by atoms with van der Waals surface area (Å²) in [6.07, 6.45) is 1.46. The lowest BCUT2D eigenvalue weighted by molar-refractivity contribution is -0.384. The van der Waals surface area contributed by atoms with Crippen LogP contribution in [0.5, 0.6) is 0 Å². The highest BCUT2D eigenvalue weighted by Crippen LogP contribution is 2.13. The van der Waals surface area contributed by atoms with Crippen LogP contribution in [0, 0.1) is 10.1 Å². The first kappa shape index (κ1) is 14.9. The summed E-state index contributed by atoms with van der Waals surface area (Å²) in [6, 6.07) is 5.88. The zero-order valence-corrected chi connectivity index (χ0v) is 12.4. The van der Waals surface area contributed by atoms with Gasteiger partial charge in [-0.2, -0.15) is 10.2 Å². The molecule has 108 valence electrons. The van der Waals surface area contributed by atoms with Crippen molar-refractivity contribution in [3.8, 4) is 0 Å². The average Bonchev–Trinajstić information content (AvgIpc) is 2.90. The zero-order valence-electron chi connectivity index (χ0n) is 10.8. The van der Waals surface area contributed by atoms with E-state index in [0.29, 0.717) is 15.7 Å². The second-order valence-corrected chi connectivity index (χ2v) is 4.89. The summed E-state index contributed by atoms with van der Waals surface area (Å²) < 4.78 is 0.531. The van der Waals surface area contributed by atoms with Crippen LogP contribution in [0.25, 0.3) is 0 Å². The number of nitro benzene ring substituents is 1. The standard InChI is InChI=1S/C12H10BrN5O3/c1-7(8-2-4-9(5-3-8)18(20)21)15-17-12(19)11-10(13)6-14-16-11/h2-6H,1H3,(H,14,16)(H,17,19)/b15-7+. The molecular formula is C12H10BrN5O3. The Balaban J connectivity index is 2.09. The van der Waals surface area contributed by atoms with E-state index < -0.39 is 10.8 Å². The molecule has 0 aliphatic carbocycles. The van der Waals surface area contributed by atoms with Gasteiger partial charge in [-0.25, -0.2) is 5.43 Å². The molecule has 8 nitrogen and oxygen atoms in total. The number of nitro groups is 1. The Bertz CT molecular complexity index is 708. The lowest BCUT2D eigenvalue weighted by Gasteiger charge is -2.02. The molecule has 0 unspecified atom stereocenters. The lowest BCUT2D eigenvalue weighted by Crippen LogP contribution is -2.20. The zero-order chi connectivity index (χ0) is 15.4. The molecule has 0 atom stereocenters. The predicted octanol–water partition coefficient (Wildman–Crippen LogP) is 2.23. The van der Waals surface area contributed by atoms with E-state index in [1.54, 1.807) is 19.1 Å². The number of aromatic nitrogens is 2. The van der Waals surface area contributed by atoms with Gasteiger partial charge in [-0.1, -0.05) is 0 Å². The van der Waals surface area contributed by atoms with E-state index in [4.69, 9.17) is 0 Å². The number of hydrogen-bond donors (Lipinski definition) is 2. The summed E-state index contributed by atoms with van der Waals surface area (Å²) >= 11 is 3.17. The first-order chi connectivity index (χ1) is 9.99. The Morgan fingerprint density at radius 1 is 1.43 bits per heavy atom. The number of halogens is 1. The van der Waals surface area contributed by atoms with Crippen molar-refractivity contribution in [1.29, 1.82) is 0 Å². The van der Waals surface area contributed by atoms with Crippen molar-refractivity contribution in [2.45, 2.75) is 6.92 Å². The minimum atomic E-state index is -0.478. The molecule has 0 saturated carbocycles. The van der Waals surface area contributed by atoms with Crippen LogP contribution in [0.3, 0.4) is 0 Å². The maximum absolute atomic E-state index is 11.8. The second-order valence-electron chi connectivity index (χ2n) is 4.04. The van der Waals surface area contributed by atoms with E-state index in [2.05, 4.69) is 36.7 Å². The molecule has 1 amide bonds. The van der Waals surface area contributed by atoms with E-state index in [1.807, 2.05) is 0 Å². The molecule has 0 spiro atoms. The molecule has 2 N–H and O–H groups in total. The van der Waals surface area contributed by atoms with Crippen molar-refractivity contribution in [3.63, 3.8) is 0 Å². The Labute approximate surface area is 127 Å². The maximum Gasteiger partial charge on any atom is 0.290 e. The van der Waals surface area contributed by atoms with Crippen LogP contribution < -0.4 is 5.43 Å². The molecule has 0 radical (unpaired) electrons. The number of nitrogens with zero attached hydrogens (tertiary/aromatic N) is 3. The highest BCUT2D eigenvalue weighted by atomic mass is 79.9. The first-order valence-electron chi connectivity index (χ1n) is 5.77. The summed E-state index contributed by atoms with van der Waals surface area (Å²) in [4.78, 5) is 21.9. The molecule has 0 bridgehead atoms. The number of hydrogen-bond acceptors (Lipinski definition) is 5. The van der Waals surface area contributed by atoms with Gasteiger partial charge in [0.25, 0.3) is 11.6 Å². The maximum atomic E-state index is 11.8. The van der Waals surface area contributed by atoms with Gasteiger partial charge in [0.2, 0.25) is 0 Å². The summed E-state index contributed by atoms with van der Waals surface area (Å²) in [5.41, 5.74) is 3.83. The van der Waals surface area contributed by atoms with Crippen LogP contribution in [0.15, 0.2) is 40.0 Å². The molecule has 0 aliphatic heterocycles. The number of hydrazone groups is 1. The summed E-state index contributed by atoms with van der Waals surface area (Å²) in [5, 5.41) is 20.8. The SMILES string of the molecule is C/C(=N\NC(=O)c1[nH]ncc1Br)c1ccc([N+](=O)[O-])cc1. The average molecular weight is 352 g/mol. The molecular weight excluding hydrogens is 342 g/mol. The molecule has 2 rings (SSSR count). The number of carbonyl (C=O) groups excluding carboxylic acids is 1. The molecule has 1 heterocycles. The largest absolute Gasteiger partial charge is 0.290 e. The monoisotopic (exact) mass is 351 g/mol. The fourth-order valence-corrected chi connectivity index (χ4v) is 1.88. The molecule has 9 heteroatoms. The van der Waals surface area contributed by atoms with Gasteiger partial charge in [-0.3, -0.25) is 20.0 Å². The van der Waals surface area contributed by atoms with E-state index in [0.717, 1.165) is 0 Å². The quantitative estimate of drug-likeness (QED) is 0.499. The fourth-order valence-electron chi connectivity index (χ4n) is 1.51. The van der Waals surface area contributed by atoms with Crippen molar-refractivity contribution in [1.82, 2.24) is 15.6 Å².